The topological polar surface area (TPSA) is 95.2 Å². The second-order valence-corrected chi connectivity index (χ2v) is 11.8. The van der Waals surface area contributed by atoms with Crippen LogP contribution in [0.4, 0.5) is 0 Å². The molecule has 0 aromatic carbocycles. The fraction of sp³-hybridized carbons (Fsp3) is 0.704. The Morgan fingerprint density at radius 2 is 2.03 bits per heavy atom. The molecule has 1 spiro atoms. The Morgan fingerprint density at radius 1 is 1.29 bits per heavy atom. The predicted molar refractivity (Wildman–Crippen MR) is 122 cm³/mol. The number of aliphatic hydroxyl groups is 1. The lowest BCUT2D eigenvalue weighted by atomic mass is 9.41. The molecular formula is C27H36O7. The summed E-state index contributed by atoms with van der Waals surface area (Å²) < 4.78 is 23.3. The summed E-state index contributed by atoms with van der Waals surface area (Å²) in [5.41, 5.74) is -0.672. The molecule has 2 saturated heterocycles. The van der Waals surface area contributed by atoms with Gasteiger partial charge in [0.15, 0.2) is 0 Å². The first kappa shape index (κ1) is 23.6. The Labute approximate surface area is 200 Å². The van der Waals surface area contributed by atoms with Gasteiger partial charge in [0.1, 0.15) is 11.7 Å². The molecule has 34 heavy (non-hydrogen) atoms. The van der Waals surface area contributed by atoms with E-state index in [0.717, 1.165) is 24.0 Å². The lowest BCUT2D eigenvalue weighted by Crippen LogP contribution is -2.73. The highest BCUT2D eigenvalue weighted by Crippen LogP contribution is 2.72. The molecule has 8 atom stereocenters. The molecule has 186 valence electrons. The van der Waals surface area contributed by atoms with Crippen LogP contribution in [0.25, 0.3) is 0 Å². The maximum absolute atomic E-state index is 13.0. The van der Waals surface area contributed by atoms with Crippen molar-refractivity contribution in [3.63, 3.8) is 0 Å². The number of methoxy groups -OCH3 is 1. The van der Waals surface area contributed by atoms with Gasteiger partial charge >= 0.3 is 11.9 Å². The number of cyclic esters (lactones) is 1. The van der Waals surface area contributed by atoms with Crippen LogP contribution >= 0.6 is 0 Å². The van der Waals surface area contributed by atoms with Crippen molar-refractivity contribution in [1.29, 1.82) is 0 Å². The quantitative estimate of drug-likeness (QED) is 0.516. The van der Waals surface area contributed by atoms with Crippen molar-refractivity contribution in [2.45, 2.75) is 83.7 Å². The Balaban J connectivity index is 1.62. The number of carbonyl (C=O) groups excluding carboxylic acids is 2. The third kappa shape index (κ3) is 2.83. The summed E-state index contributed by atoms with van der Waals surface area (Å²) in [4.78, 5) is 25.5. The van der Waals surface area contributed by atoms with Crippen LogP contribution in [0.1, 0.15) is 71.5 Å². The number of aliphatic hydroxyl groups excluding tert-OH is 1. The van der Waals surface area contributed by atoms with Gasteiger partial charge in [-0.25, -0.2) is 0 Å². The minimum atomic E-state index is -0.908. The predicted octanol–water partition coefficient (Wildman–Crippen LogP) is 4.35. The van der Waals surface area contributed by atoms with Gasteiger partial charge in [-0.2, -0.15) is 0 Å². The van der Waals surface area contributed by atoms with Crippen molar-refractivity contribution in [1.82, 2.24) is 0 Å². The normalized spacial score (nSPS) is 45.1. The van der Waals surface area contributed by atoms with Gasteiger partial charge in [0.25, 0.3) is 0 Å². The number of furan rings is 1. The zero-order valence-corrected chi connectivity index (χ0v) is 20.8. The summed E-state index contributed by atoms with van der Waals surface area (Å²) in [7, 11) is 1.40. The fourth-order valence-electron chi connectivity index (χ4n) is 8.07. The van der Waals surface area contributed by atoms with Gasteiger partial charge in [0.05, 0.1) is 38.3 Å². The minimum Gasteiger partial charge on any atom is -0.472 e. The number of esters is 2. The van der Waals surface area contributed by atoms with E-state index in [1.54, 1.807) is 12.5 Å². The Hall–Kier alpha value is -2.12. The average molecular weight is 473 g/mol. The molecule has 1 N–H and O–H groups in total. The minimum absolute atomic E-state index is 0.0386. The molecule has 1 aromatic rings. The van der Waals surface area contributed by atoms with Gasteiger partial charge in [-0.15, -0.1) is 0 Å². The van der Waals surface area contributed by atoms with E-state index in [2.05, 4.69) is 20.4 Å². The molecular weight excluding hydrogens is 436 g/mol. The van der Waals surface area contributed by atoms with E-state index in [4.69, 9.17) is 18.6 Å². The lowest BCUT2D eigenvalue weighted by Gasteiger charge is -2.71. The maximum Gasteiger partial charge on any atom is 0.309 e. The maximum atomic E-state index is 13.0. The number of rotatable bonds is 3. The number of carbonyl (C=O) groups is 2. The van der Waals surface area contributed by atoms with Gasteiger partial charge in [0.2, 0.25) is 0 Å². The number of fused-ring (bicyclic) bond motifs is 3. The summed E-state index contributed by atoms with van der Waals surface area (Å²) in [6, 6.07) is 1.84. The van der Waals surface area contributed by atoms with Crippen LogP contribution in [0.5, 0.6) is 0 Å². The lowest BCUT2D eigenvalue weighted by molar-refractivity contribution is -0.314. The monoisotopic (exact) mass is 472 g/mol. The van der Waals surface area contributed by atoms with Crippen LogP contribution in [0.15, 0.2) is 35.2 Å². The Bertz CT molecular complexity index is 1010. The van der Waals surface area contributed by atoms with Gasteiger partial charge in [-0.05, 0) is 41.7 Å². The SMILES string of the molecule is C=C1[C@H]2CC[C@@]3(C)[C@H](c4ccoc4)OC(=O)C[C@]13O[C@H]1C[C@@H](O)C(C)(C)[C@H](CC(=O)OC)[C@]12C. The average Bonchev–Trinajstić information content (AvgIpc) is 3.30. The van der Waals surface area contributed by atoms with Crippen molar-refractivity contribution in [2.24, 2.45) is 28.1 Å². The van der Waals surface area contributed by atoms with Gasteiger partial charge < -0.3 is 23.7 Å². The Kier molecular flexibility index (Phi) is 5.17. The summed E-state index contributed by atoms with van der Waals surface area (Å²) in [5, 5.41) is 11.2. The Morgan fingerprint density at radius 3 is 2.68 bits per heavy atom. The molecule has 7 nitrogen and oxygen atoms in total. The highest BCUT2D eigenvalue weighted by molar-refractivity contribution is 5.74. The largest absolute Gasteiger partial charge is 0.472 e. The third-order valence-corrected chi connectivity index (χ3v) is 10.2. The van der Waals surface area contributed by atoms with Crippen molar-refractivity contribution < 1.29 is 33.3 Å². The molecule has 7 heteroatoms. The van der Waals surface area contributed by atoms with E-state index in [0.29, 0.717) is 6.42 Å². The highest BCUT2D eigenvalue weighted by atomic mass is 16.6. The van der Waals surface area contributed by atoms with Crippen LogP contribution in [0.3, 0.4) is 0 Å². The summed E-state index contributed by atoms with van der Waals surface area (Å²) in [6.45, 7) is 12.9. The van der Waals surface area contributed by atoms with E-state index in [1.807, 2.05) is 19.9 Å². The smallest absolute Gasteiger partial charge is 0.309 e. The summed E-state index contributed by atoms with van der Waals surface area (Å²) in [5.74, 6) is -0.752. The molecule has 2 saturated carbocycles. The molecule has 2 aliphatic heterocycles. The van der Waals surface area contributed by atoms with Crippen LogP contribution in [0, 0.1) is 28.1 Å². The van der Waals surface area contributed by atoms with Crippen LogP contribution in [0.2, 0.25) is 0 Å². The molecule has 0 radical (unpaired) electrons. The second-order valence-electron chi connectivity index (χ2n) is 11.8. The molecule has 5 rings (SSSR count). The molecule has 4 fully saturated rings. The van der Waals surface area contributed by atoms with Crippen LogP contribution in [-0.2, 0) is 23.8 Å². The van der Waals surface area contributed by atoms with Crippen LogP contribution < -0.4 is 0 Å². The molecule has 4 aliphatic rings. The van der Waals surface area contributed by atoms with Crippen molar-refractivity contribution in [3.8, 4) is 0 Å². The second kappa shape index (κ2) is 7.44. The standard InChI is InChI=1S/C27H36O7/c1-15-17-7-9-25(4)23(16-8-10-32-14-16)33-22(30)13-27(15,25)34-20-12-19(28)24(2,3)18(26(17,20)5)11-21(29)31-6/h8,10,14,17-20,23,28H,1,7,9,11-13H2,2-6H3/t17-,18+,19-,20+,23+,25+,26-,27+/m1/s1. The van der Waals surface area contributed by atoms with E-state index >= 15 is 0 Å². The molecule has 0 amide bonds. The van der Waals surface area contributed by atoms with E-state index in [9.17, 15) is 14.7 Å². The van der Waals surface area contributed by atoms with Gasteiger partial charge in [-0.1, -0.05) is 34.3 Å². The first-order valence-corrected chi connectivity index (χ1v) is 12.3. The first-order valence-electron chi connectivity index (χ1n) is 12.3. The molecule has 3 heterocycles. The molecule has 2 aliphatic carbocycles. The van der Waals surface area contributed by atoms with Gasteiger partial charge in [0, 0.05) is 29.2 Å². The summed E-state index contributed by atoms with van der Waals surface area (Å²) in [6.07, 6.45) is 4.06. The zero-order chi connectivity index (χ0) is 24.7. The van der Waals surface area contributed by atoms with Crippen molar-refractivity contribution >= 4 is 11.9 Å². The van der Waals surface area contributed by atoms with Crippen molar-refractivity contribution in [3.05, 3.63) is 36.3 Å². The highest BCUT2D eigenvalue weighted by Gasteiger charge is 2.73. The van der Waals surface area contributed by atoms with E-state index in [-0.39, 0.29) is 42.7 Å². The molecule has 2 bridgehead atoms. The molecule has 1 aromatic heterocycles. The zero-order valence-electron chi connectivity index (χ0n) is 20.8. The number of hydrogen-bond donors (Lipinski definition) is 1. The van der Waals surface area contributed by atoms with E-state index in [1.165, 1.54) is 7.11 Å². The van der Waals surface area contributed by atoms with Gasteiger partial charge in [-0.3, -0.25) is 9.59 Å². The summed E-state index contributed by atoms with van der Waals surface area (Å²) >= 11 is 0. The van der Waals surface area contributed by atoms with Crippen molar-refractivity contribution in [2.75, 3.05) is 7.11 Å². The third-order valence-electron chi connectivity index (χ3n) is 10.2. The van der Waals surface area contributed by atoms with E-state index < -0.39 is 34.1 Å². The van der Waals surface area contributed by atoms with Crippen LogP contribution in [-0.4, -0.2) is 42.0 Å². The molecule has 0 unspecified atom stereocenters. The number of hydrogen-bond acceptors (Lipinski definition) is 7. The fourth-order valence-corrected chi connectivity index (χ4v) is 8.07. The number of ether oxygens (including phenoxy) is 3. The first-order chi connectivity index (χ1) is 15.9.